The molecule has 0 aromatic heterocycles. The molecule has 200 valence electrons. The van der Waals surface area contributed by atoms with Gasteiger partial charge < -0.3 is 29.3 Å². The molecule has 2 aromatic rings. The number of carboxylic acid groups (broad SMARTS) is 2. The minimum Gasteiger partial charge on any atom is -0.545 e. The normalized spacial score (nSPS) is 10.1. The summed E-state index contributed by atoms with van der Waals surface area (Å²) in [5, 5.41) is 22.2. The molecule has 0 aliphatic carbocycles. The number of para-hydroxylation sites is 2. The first-order chi connectivity index (χ1) is 17.4. The zero-order chi connectivity index (χ0) is 26.8. The summed E-state index contributed by atoms with van der Waals surface area (Å²) in [4.78, 5) is 22.2. The first kappa shape index (κ1) is 34.6. The number of benzene rings is 2. The molecule has 2 aromatic carbocycles. The van der Waals surface area contributed by atoms with E-state index in [1.54, 1.807) is 24.3 Å². The molecule has 0 aliphatic heterocycles. The topological polar surface area (TPSA) is 98.7 Å². The third-order valence-electron chi connectivity index (χ3n) is 5.72. The predicted octanol–water partition coefficient (Wildman–Crippen LogP) is 5.14. The van der Waals surface area contributed by atoms with Crippen molar-refractivity contribution in [2.75, 3.05) is 13.2 Å². The second kappa shape index (κ2) is 20.6. The fraction of sp³-hybridized carbons (Fsp3) is 0.533. The zero-order valence-electron chi connectivity index (χ0n) is 23.1. The summed E-state index contributed by atoms with van der Waals surface area (Å²) in [6.45, 7) is 9.48. The predicted molar refractivity (Wildman–Crippen MR) is 140 cm³/mol. The Morgan fingerprint density at radius 3 is 1.27 bits per heavy atom. The van der Waals surface area contributed by atoms with Crippen LogP contribution in [0.1, 0.15) is 111 Å². The molecule has 2 rings (SSSR count). The number of carboxylic acids is 2. The van der Waals surface area contributed by atoms with Gasteiger partial charge >= 0.3 is 19.5 Å². The average Bonchev–Trinajstić information content (AvgIpc) is 2.87. The standard InChI is InChI=1S/2C15H22O3.Zn/c2*1-3-5-8-12-9-7-10-13(15(16)17)14(12)18-11-6-4-2;/h2*7,9-10H,3-6,8,11H2,1-2H3,(H,16,17);/q;;+2/p-2. The molecule has 0 heterocycles. The molecule has 0 atom stereocenters. The molecule has 0 aliphatic rings. The van der Waals surface area contributed by atoms with E-state index in [1.807, 2.05) is 12.1 Å². The van der Waals surface area contributed by atoms with Crippen LogP contribution in [0.5, 0.6) is 11.5 Å². The summed E-state index contributed by atoms with van der Waals surface area (Å²) in [5.41, 5.74) is 2.27. The molecule has 0 amide bonds. The van der Waals surface area contributed by atoms with Crippen molar-refractivity contribution in [3.05, 3.63) is 58.7 Å². The third kappa shape index (κ3) is 12.6. The number of ether oxygens (including phenoxy) is 2. The van der Waals surface area contributed by atoms with Crippen LogP contribution in [0.25, 0.3) is 0 Å². The van der Waals surface area contributed by atoms with Gasteiger partial charge in [0.2, 0.25) is 0 Å². The van der Waals surface area contributed by atoms with Gasteiger partial charge in [0, 0.05) is 11.1 Å². The molecular weight excluding hydrogens is 522 g/mol. The number of hydrogen-bond acceptors (Lipinski definition) is 6. The van der Waals surface area contributed by atoms with Crippen molar-refractivity contribution >= 4 is 11.9 Å². The van der Waals surface area contributed by atoms with E-state index in [0.717, 1.165) is 75.3 Å². The summed E-state index contributed by atoms with van der Waals surface area (Å²) in [6, 6.07) is 10.5. The molecule has 6 nitrogen and oxygen atoms in total. The van der Waals surface area contributed by atoms with Crippen LogP contribution in [0.4, 0.5) is 0 Å². The largest absolute Gasteiger partial charge is 2.00 e. The molecule has 0 N–H and O–H groups in total. The van der Waals surface area contributed by atoms with Gasteiger partial charge in [-0.15, -0.1) is 0 Å². The van der Waals surface area contributed by atoms with E-state index in [-0.39, 0.29) is 30.6 Å². The van der Waals surface area contributed by atoms with E-state index in [0.29, 0.717) is 24.7 Å². The van der Waals surface area contributed by atoms with E-state index in [4.69, 9.17) is 9.47 Å². The molecular formula is C30H42O6Zn. The van der Waals surface area contributed by atoms with E-state index >= 15 is 0 Å². The van der Waals surface area contributed by atoms with Crippen LogP contribution < -0.4 is 19.7 Å². The Kier molecular flexibility index (Phi) is 19.3. The maximum absolute atomic E-state index is 11.1. The van der Waals surface area contributed by atoms with Gasteiger partial charge in [-0.2, -0.15) is 0 Å². The molecule has 0 spiro atoms. The Labute approximate surface area is 235 Å². The van der Waals surface area contributed by atoms with Crippen molar-refractivity contribution in [2.45, 2.75) is 91.9 Å². The van der Waals surface area contributed by atoms with Gasteiger partial charge in [0.1, 0.15) is 11.5 Å². The van der Waals surface area contributed by atoms with Gasteiger partial charge in [0.25, 0.3) is 0 Å². The molecule has 0 saturated carbocycles. The van der Waals surface area contributed by atoms with Crippen LogP contribution in [0, 0.1) is 0 Å². The maximum Gasteiger partial charge on any atom is 2.00 e. The number of unbranched alkanes of at least 4 members (excludes halogenated alkanes) is 4. The fourth-order valence-corrected chi connectivity index (χ4v) is 3.60. The number of hydrogen-bond donors (Lipinski definition) is 0. The van der Waals surface area contributed by atoms with Crippen molar-refractivity contribution in [1.82, 2.24) is 0 Å². The number of aryl methyl sites for hydroxylation is 2. The molecule has 0 bridgehead atoms. The SMILES string of the molecule is CCCCOc1c(CCCC)cccc1C(=O)[O-].CCCCOc1c(CCCC)cccc1C(=O)[O-].[Zn+2]. The summed E-state index contributed by atoms with van der Waals surface area (Å²) < 4.78 is 11.3. The maximum atomic E-state index is 11.1. The second-order valence-corrected chi connectivity index (χ2v) is 8.77. The van der Waals surface area contributed by atoms with Gasteiger partial charge in [0.15, 0.2) is 0 Å². The van der Waals surface area contributed by atoms with Gasteiger partial charge in [0.05, 0.1) is 25.2 Å². The van der Waals surface area contributed by atoms with E-state index in [1.165, 1.54) is 0 Å². The number of carbonyl (C=O) groups is 2. The number of aromatic carboxylic acids is 2. The summed E-state index contributed by atoms with van der Waals surface area (Å²) >= 11 is 0. The van der Waals surface area contributed by atoms with Crippen molar-refractivity contribution in [3.8, 4) is 11.5 Å². The Hall–Kier alpha value is -2.40. The Balaban J connectivity index is 0.000000682. The molecule has 0 saturated heterocycles. The molecule has 0 fully saturated rings. The average molecular weight is 564 g/mol. The summed E-state index contributed by atoms with van der Waals surface area (Å²) in [6.07, 6.45) is 9.80. The number of carbonyl (C=O) groups excluding carboxylic acids is 2. The second-order valence-electron chi connectivity index (χ2n) is 8.77. The monoisotopic (exact) mass is 562 g/mol. The molecule has 7 heteroatoms. The minimum absolute atomic E-state index is 0. The summed E-state index contributed by atoms with van der Waals surface area (Å²) in [5.74, 6) is -1.33. The summed E-state index contributed by atoms with van der Waals surface area (Å²) in [7, 11) is 0. The van der Waals surface area contributed by atoms with Crippen LogP contribution >= 0.6 is 0 Å². The quantitative estimate of drug-likeness (QED) is 0.207. The van der Waals surface area contributed by atoms with Crippen LogP contribution in [0.2, 0.25) is 0 Å². The fourth-order valence-electron chi connectivity index (χ4n) is 3.60. The van der Waals surface area contributed by atoms with Gasteiger partial charge in [-0.25, -0.2) is 0 Å². The van der Waals surface area contributed by atoms with Gasteiger partial charge in [-0.05, 0) is 61.8 Å². The van der Waals surface area contributed by atoms with E-state index in [9.17, 15) is 19.8 Å². The van der Waals surface area contributed by atoms with Crippen molar-refractivity contribution in [2.24, 2.45) is 0 Å². The first-order valence-electron chi connectivity index (χ1n) is 13.3. The first-order valence-corrected chi connectivity index (χ1v) is 13.3. The van der Waals surface area contributed by atoms with Crippen LogP contribution in [0.15, 0.2) is 36.4 Å². The van der Waals surface area contributed by atoms with Crippen molar-refractivity contribution in [3.63, 3.8) is 0 Å². The Bertz CT molecular complexity index is 853. The zero-order valence-corrected chi connectivity index (χ0v) is 26.1. The van der Waals surface area contributed by atoms with Crippen molar-refractivity contribution in [1.29, 1.82) is 0 Å². The molecule has 0 unspecified atom stereocenters. The molecule has 37 heavy (non-hydrogen) atoms. The van der Waals surface area contributed by atoms with Crippen LogP contribution in [-0.4, -0.2) is 25.2 Å². The minimum atomic E-state index is -1.17. The smallest absolute Gasteiger partial charge is 0.545 e. The third-order valence-corrected chi connectivity index (χ3v) is 5.72. The number of rotatable bonds is 16. The molecule has 0 radical (unpaired) electrons. The van der Waals surface area contributed by atoms with Crippen molar-refractivity contribution < 1.29 is 48.8 Å². The van der Waals surface area contributed by atoms with Gasteiger partial charge in [-0.1, -0.05) is 77.6 Å². The van der Waals surface area contributed by atoms with Crippen LogP contribution in [0.3, 0.4) is 0 Å². The van der Waals surface area contributed by atoms with Crippen LogP contribution in [-0.2, 0) is 32.3 Å². The van der Waals surface area contributed by atoms with Gasteiger partial charge in [-0.3, -0.25) is 0 Å². The van der Waals surface area contributed by atoms with E-state index < -0.39 is 11.9 Å². The van der Waals surface area contributed by atoms with E-state index in [2.05, 4.69) is 27.7 Å². The Morgan fingerprint density at radius 1 is 0.622 bits per heavy atom. The Morgan fingerprint density at radius 2 is 0.973 bits per heavy atom.